The summed E-state index contributed by atoms with van der Waals surface area (Å²) in [5, 5.41) is 118. The molecule has 57 heavy (non-hydrogen) atoms. The summed E-state index contributed by atoms with van der Waals surface area (Å²) in [6.45, 7) is 13.2. The third kappa shape index (κ3) is 6.54. The Morgan fingerprint density at radius 1 is 0.702 bits per heavy atom. The van der Waals surface area contributed by atoms with Crippen molar-refractivity contribution in [3.8, 4) is 0 Å². The topological polar surface area (TPSA) is 259 Å². The second-order valence-corrected chi connectivity index (χ2v) is 21.1. The van der Waals surface area contributed by atoms with E-state index in [2.05, 4.69) is 34.6 Å². The number of ether oxygens (including phenoxy) is 4. The van der Waals surface area contributed by atoms with Crippen LogP contribution in [0.5, 0.6) is 0 Å². The minimum atomic E-state index is -1.60. The van der Waals surface area contributed by atoms with E-state index in [-0.39, 0.29) is 51.4 Å². The lowest BCUT2D eigenvalue weighted by Crippen LogP contribution is -2.63. The molecule has 330 valence electrons. The molecule has 7 aliphatic rings. The molecule has 0 bridgehead atoms. The van der Waals surface area contributed by atoms with Gasteiger partial charge in [0.15, 0.2) is 12.6 Å². The van der Waals surface area contributed by atoms with Gasteiger partial charge in [0.25, 0.3) is 0 Å². The van der Waals surface area contributed by atoms with Crippen molar-refractivity contribution in [2.24, 2.45) is 50.7 Å². The van der Waals surface area contributed by atoms with Gasteiger partial charge in [-0.25, -0.2) is 0 Å². The first-order valence-corrected chi connectivity index (χ1v) is 21.5. The molecule has 22 atom stereocenters. The van der Waals surface area contributed by atoms with Crippen LogP contribution in [0.3, 0.4) is 0 Å². The zero-order valence-electron chi connectivity index (χ0n) is 34.7. The highest BCUT2D eigenvalue weighted by atomic mass is 16.7. The van der Waals surface area contributed by atoms with E-state index >= 15 is 0 Å². The molecule has 0 aromatic rings. The highest BCUT2D eigenvalue weighted by molar-refractivity contribution is 5.32. The maximum atomic E-state index is 12.4. The molecule has 15 nitrogen and oxygen atoms in total. The van der Waals surface area contributed by atoms with Crippen LogP contribution in [0, 0.1) is 50.7 Å². The average molecular weight is 817 g/mol. The van der Waals surface area contributed by atoms with Crippen LogP contribution >= 0.6 is 0 Å². The number of fused-ring (bicyclic) bond motifs is 2. The van der Waals surface area contributed by atoms with E-state index < -0.39 is 104 Å². The molecule has 11 N–H and O–H groups in total. The van der Waals surface area contributed by atoms with Gasteiger partial charge >= 0.3 is 0 Å². The third-order valence-electron chi connectivity index (χ3n) is 17.8. The molecular weight excluding hydrogens is 744 g/mol. The molecule has 5 aliphatic carbocycles. The van der Waals surface area contributed by atoms with Gasteiger partial charge in [-0.2, -0.15) is 0 Å². The number of rotatable bonds is 11. The highest BCUT2D eigenvalue weighted by Gasteiger charge is 2.84. The Kier molecular flexibility index (Phi) is 11.7. The van der Waals surface area contributed by atoms with Crippen molar-refractivity contribution in [3.05, 3.63) is 0 Å². The van der Waals surface area contributed by atoms with Gasteiger partial charge in [-0.1, -0.05) is 34.6 Å². The Hall–Kier alpha value is -0.600. The van der Waals surface area contributed by atoms with Crippen LogP contribution in [0.2, 0.25) is 0 Å². The smallest absolute Gasteiger partial charge is 0.187 e. The minimum Gasteiger partial charge on any atom is -0.394 e. The SMILES string of the molecule is C[C@H](CC[C@@H](O)C(C)(C)O[C@@H]1O[C@H](CO)[C@@H](O)[C@H](O)[C@H]1O)[C@H]1[C@@H](O)C[C@@]2(C)[C@@H]3[C@@H](O)C[C@H]4C(C)(C)[C@@H](O[C@@H]5O[C@H](CO)[C@@H](O)[C@H](O)[C@H]5O)CC[C@@]45C[C@@]35CC[C@]12C. The molecule has 7 fully saturated rings. The molecule has 2 saturated heterocycles. The van der Waals surface area contributed by atoms with Crippen molar-refractivity contribution in [2.45, 2.75) is 198 Å². The van der Waals surface area contributed by atoms with Crippen LogP contribution in [0.15, 0.2) is 0 Å². The van der Waals surface area contributed by atoms with Crippen LogP contribution in [-0.4, -0.2) is 161 Å². The van der Waals surface area contributed by atoms with Gasteiger partial charge in [0.1, 0.15) is 48.8 Å². The van der Waals surface area contributed by atoms with Crippen LogP contribution in [0.1, 0.15) is 106 Å². The number of aliphatic hydroxyl groups excluding tert-OH is 11. The number of hydrogen-bond donors (Lipinski definition) is 11. The van der Waals surface area contributed by atoms with Crippen molar-refractivity contribution in [2.75, 3.05) is 13.2 Å². The Morgan fingerprint density at radius 2 is 1.28 bits per heavy atom. The summed E-state index contributed by atoms with van der Waals surface area (Å²) < 4.78 is 23.7. The molecular formula is C42H72O15. The molecule has 0 amide bonds. The fourth-order valence-corrected chi connectivity index (χ4v) is 14.5. The minimum absolute atomic E-state index is 0.00849. The fraction of sp³-hybridized carbons (Fsp3) is 1.00. The van der Waals surface area contributed by atoms with Crippen molar-refractivity contribution in [3.63, 3.8) is 0 Å². The molecule has 5 saturated carbocycles. The summed E-state index contributed by atoms with van der Waals surface area (Å²) in [6.07, 6.45) is -10.1. The molecule has 15 heteroatoms. The van der Waals surface area contributed by atoms with Crippen molar-refractivity contribution in [1.29, 1.82) is 0 Å². The third-order valence-corrected chi connectivity index (χ3v) is 17.8. The van der Waals surface area contributed by atoms with Gasteiger partial charge in [-0.05, 0) is 122 Å². The number of aliphatic hydroxyl groups is 11. The molecule has 2 aliphatic heterocycles. The summed E-state index contributed by atoms with van der Waals surface area (Å²) in [5.74, 6) is 0.0281. The van der Waals surface area contributed by atoms with Gasteiger partial charge in [0.05, 0.1) is 43.2 Å². The molecule has 0 unspecified atom stereocenters. The molecule has 2 heterocycles. The summed E-state index contributed by atoms with van der Waals surface area (Å²) in [6, 6.07) is 0. The average Bonchev–Trinajstić information content (AvgIpc) is 3.74. The number of hydrogen-bond acceptors (Lipinski definition) is 15. The van der Waals surface area contributed by atoms with E-state index in [0.717, 1.165) is 25.7 Å². The van der Waals surface area contributed by atoms with Crippen LogP contribution in [-0.2, 0) is 18.9 Å². The lowest BCUT2D eigenvalue weighted by atomic mass is 9.41. The fourth-order valence-electron chi connectivity index (χ4n) is 14.5. The summed E-state index contributed by atoms with van der Waals surface area (Å²) in [7, 11) is 0. The van der Waals surface area contributed by atoms with Gasteiger partial charge in [0.2, 0.25) is 0 Å². The molecule has 7 rings (SSSR count). The zero-order valence-corrected chi connectivity index (χ0v) is 34.7. The predicted molar refractivity (Wildman–Crippen MR) is 202 cm³/mol. The summed E-state index contributed by atoms with van der Waals surface area (Å²) >= 11 is 0. The predicted octanol–water partition coefficient (Wildman–Crippen LogP) is -0.0755. The van der Waals surface area contributed by atoms with E-state index in [4.69, 9.17) is 18.9 Å². The normalized spacial score (nSPS) is 54.2. The van der Waals surface area contributed by atoms with E-state index in [1.807, 2.05) is 0 Å². The maximum Gasteiger partial charge on any atom is 0.187 e. The Morgan fingerprint density at radius 3 is 1.88 bits per heavy atom. The molecule has 2 spiro atoms. The Balaban J connectivity index is 1.03. The maximum absolute atomic E-state index is 12.4. The molecule has 0 aromatic carbocycles. The molecule has 0 radical (unpaired) electrons. The van der Waals surface area contributed by atoms with Crippen molar-refractivity contribution in [1.82, 2.24) is 0 Å². The lowest BCUT2D eigenvalue weighted by molar-refractivity contribution is -0.331. The summed E-state index contributed by atoms with van der Waals surface area (Å²) in [4.78, 5) is 0. The lowest BCUT2D eigenvalue weighted by Gasteiger charge is -2.64. The second-order valence-electron chi connectivity index (χ2n) is 21.1. The standard InChI is InChI=1S/C42H72O15/c1-19(8-9-25(47)38(4,5)57-36-33(53)31(51)29(49)23(17-44)55-36)27-21(46)15-40(7)34-20(45)14-24-37(2,3)26(56-35-32(52)30(50)28(48)22(16-43)54-35)10-11-41(24)18-42(34,41)13-12-39(27,40)6/h19-36,43-53H,8-18H2,1-7H3/t19-,20+,21+,22-,23-,24+,25-,26+,27+,28-,29-,30+,31+,32-,33-,34+,35+,36+,39-,40+,41-,42+/m1/s1. The van der Waals surface area contributed by atoms with Gasteiger partial charge in [-0.3, -0.25) is 0 Å². The van der Waals surface area contributed by atoms with E-state index in [1.54, 1.807) is 13.8 Å². The van der Waals surface area contributed by atoms with Crippen LogP contribution in [0.4, 0.5) is 0 Å². The first-order valence-electron chi connectivity index (χ1n) is 21.5. The van der Waals surface area contributed by atoms with Gasteiger partial charge in [0, 0.05) is 0 Å². The van der Waals surface area contributed by atoms with E-state index in [0.29, 0.717) is 32.1 Å². The zero-order chi connectivity index (χ0) is 42.0. The van der Waals surface area contributed by atoms with Crippen molar-refractivity contribution >= 4 is 0 Å². The van der Waals surface area contributed by atoms with E-state index in [1.165, 1.54) is 0 Å². The Bertz CT molecular complexity index is 1450. The van der Waals surface area contributed by atoms with Crippen molar-refractivity contribution < 1.29 is 75.1 Å². The van der Waals surface area contributed by atoms with Crippen LogP contribution < -0.4 is 0 Å². The molecule has 0 aromatic heterocycles. The highest BCUT2D eigenvalue weighted by Crippen LogP contribution is 2.89. The summed E-state index contributed by atoms with van der Waals surface area (Å²) in [5.41, 5.74) is -2.39. The van der Waals surface area contributed by atoms with Gasteiger partial charge < -0.3 is 75.1 Å². The van der Waals surface area contributed by atoms with Gasteiger partial charge in [-0.15, -0.1) is 0 Å². The first kappa shape index (κ1) is 44.5. The largest absolute Gasteiger partial charge is 0.394 e. The first-order chi connectivity index (χ1) is 26.5. The second kappa shape index (κ2) is 15.0. The Labute approximate surface area is 336 Å². The monoisotopic (exact) mass is 816 g/mol. The quantitative estimate of drug-likeness (QED) is 0.122. The van der Waals surface area contributed by atoms with Crippen LogP contribution in [0.25, 0.3) is 0 Å². The van der Waals surface area contributed by atoms with E-state index in [9.17, 15) is 56.2 Å².